The quantitative estimate of drug-likeness (QED) is 0.678. The Balaban J connectivity index is 2.53. The molecule has 6 heteroatoms. The van der Waals surface area contributed by atoms with Crippen molar-refractivity contribution >= 4 is 11.5 Å². The van der Waals surface area contributed by atoms with E-state index in [0.717, 1.165) is 18.2 Å². The number of nitrogen functional groups attached to an aromatic ring is 1. The zero-order valence-electron chi connectivity index (χ0n) is 10.5. The van der Waals surface area contributed by atoms with Crippen LogP contribution < -0.4 is 5.73 Å². The number of benzene rings is 1. The van der Waals surface area contributed by atoms with Gasteiger partial charge in [0.05, 0.1) is 5.56 Å². The number of nitrogens with two attached hydrogens (primary N) is 1. The summed E-state index contributed by atoms with van der Waals surface area (Å²) in [6.07, 6.45) is -1.70. The van der Waals surface area contributed by atoms with Gasteiger partial charge in [-0.1, -0.05) is 0 Å². The number of hydrogen-bond donors (Lipinski definition) is 1. The van der Waals surface area contributed by atoms with E-state index >= 15 is 0 Å². The van der Waals surface area contributed by atoms with Crippen LogP contribution in [-0.4, -0.2) is 10.8 Å². The Labute approximate surface area is 113 Å². The average Bonchev–Trinajstić information content (AvgIpc) is 2.37. The van der Waals surface area contributed by atoms with E-state index in [4.69, 9.17) is 5.73 Å². The molecular formula is C14H11F3N2O. The van der Waals surface area contributed by atoms with Gasteiger partial charge in [-0.3, -0.25) is 9.78 Å². The minimum atomic E-state index is -4.52. The van der Waals surface area contributed by atoms with Gasteiger partial charge in [-0.25, -0.2) is 0 Å². The highest BCUT2D eigenvalue weighted by Crippen LogP contribution is 2.32. The van der Waals surface area contributed by atoms with Crippen molar-refractivity contribution < 1.29 is 18.0 Å². The van der Waals surface area contributed by atoms with E-state index < -0.39 is 17.5 Å². The van der Waals surface area contributed by atoms with E-state index in [9.17, 15) is 18.0 Å². The third-order valence-electron chi connectivity index (χ3n) is 2.91. The highest BCUT2D eigenvalue weighted by atomic mass is 19.4. The summed E-state index contributed by atoms with van der Waals surface area (Å²) in [5.41, 5.74) is 5.40. The Morgan fingerprint density at radius 3 is 2.50 bits per heavy atom. The van der Waals surface area contributed by atoms with Crippen LogP contribution in [0.2, 0.25) is 0 Å². The van der Waals surface area contributed by atoms with E-state index in [2.05, 4.69) is 4.98 Å². The number of aromatic nitrogens is 1. The van der Waals surface area contributed by atoms with E-state index in [1.54, 1.807) is 13.0 Å². The second-order valence-corrected chi connectivity index (χ2v) is 4.32. The van der Waals surface area contributed by atoms with Crippen molar-refractivity contribution in [2.45, 2.75) is 13.1 Å². The lowest BCUT2D eigenvalue weighted by Crippen LogP contribution is -2.11. The number of nitrogens with zero attached hydrogens (tertiary/aromatic N) is 1. The van der Waals surface area contributed by atoms with Gasteiger partial charge < -0.3 is 5.73 Å². The minimum Gasteiger partial charge on any atom is -0.398 e. The molecule has 0 fully saturated rings. The SMILES string of the molecule is Cc1ccncc1C(=O)c1cc(C(F)(F)F)ccc1N. The highest BCUT2D eigenvalue weighted by molar-refractivity contribution is 6.12. The first-order chi connectivity index (χ1) is 9.30. The molecule has 0 bridgehead atoms. The van der Waals surface area contributed by atoms with Gasteiger partial charge in [-0.05, 0) is 36.8 Å². The molecule has 1 heterocycles. The zero-order chi connectivity index (χ0) is 14.9. The second-order valence-electron chi connectivity index (χ2n) is 4.32. The maximum Gasteiger partial charge on any atom is 0.416 e. The summed E-state index contributed by atoms with van der Waals surface area (Å²) < 4.78 is 38.0. The number of carbonyl (C=O) groups excluding carboxylic acids is 1. The number of aryl methyl sites for hydroxylation is 1. The molecule has 2 N–H and O–H groups in total. The van der Waals surface area contributed by atoms with Crippen molar-refractivity contribution in [1.29, 1.82) is 0 Å². The van der Waals surface area contributed by atoms with Gasteiger partial charge in [0, 0.05) is 29.2 Å². The molecule has 0 spiro atoms. The summed E-state index contributed by atoms with van der Waals surface area (Å²) in [4.78, 5) is 16.1. The monoisotopic (exact) mass is 280 g/mol. The normalized spacial score (nSPS) is 11.4. The Morgan fingerprint density at radius 2 is 1.90 bits per heavy atom. The lowest BCUT2D eigenvalue weighted by molar-refractivity contribution is -0.137. The van der Waals surface area contributed by atoms with Gasteiger partial charge in [-0.2, -0.15) is 13.2 Å². The molecule has 0 unspecified atom stereocenters. The maximum absolute atomic E-state index is 12.7. The van der Waals surface area contributed by atoms with E-state index in [1.807, 2.05) is 0 Å². The molecule has 1 aromatic carbocycles. The summed E-state index contributed by atoms with van der Waals surface area (Å²) in [7, 11) is 0. The third-order valence-corrected chi connectivity index (χ3v) is 2.91. The predicted molar refractivity (Wildman–Crippen MR) is 68.3 cm³/mol. The fourth-order valence-electron chi connectivity index (χ4n) is 1.78. The van der Waals surface area contributed by atoms with Gasteiger partial charge in [0.15, 0.2) is 5.78 Å². The zero-order valence-corrected chi connectivity index (χ0v) is 10.5. The van der Waals surface area contributed by atoms with Gasteiger partial charge in [-0.15, -0.1) is 0 Å². The Morgan fingerprint density at radius 1 is 1.20 bits per heavy atom. The fourth-order valence-corrected chi connectivity index (χ4v) is 1.78. The van der Waals surface area contributed by atoms with Crippen LogP contribution in [0, 0.1) is 6.92 Å². The van der Waals surface area contributed by atoms with E-state index in [-0.39, 0.29) is 16.8 Å². The number of alkyl halides is 3. The molecule has 0 amide bonds. The Kier molecular flexibility index (Phi) is 3.48. The molecule has 0 aliphatic rings. The predicted octanol–water partition coefficient (Wildman–Crippen LogP) is 3.22. The van der Waals surface area contributed by atoms with Gasteiger partial charge >= 0.3 is 6.18 Å². The van der Waals surface area contributed by atoms with Crippen molar-refractivity contribution in [1.82, 2.24) is 4.98 Å². The largest absolute Gasteiger partial charge is 0.416 e. The van der Waals surface area contributed by atoms with Gasteiger partial charge in [0.2, 0.25) is 0 Å². The molecular weight excluding hydrogens is 269 g/mol. The number of pyridine rings is 1. The fraction of sp³-hybridized carbons (Fsp3) is 0.143. The van der Waals surface area contributed by atoms with Crippen molar-refractivity contribution in [3.63, 3.8) is 0 Å². The highest BCUT2D eigenvalue weighted by Gasteiger charge is 2.31. The molecule has 0 saturated heterocycles. The summed E-state index contributed by atoms with van der Waals surface area (Å²) in [6, 6.07) is 4.31. The van der Waals surface area contributed by atoms with Gasteiger partial charge in [0.1, 0.15) is 0 Å². The first kappa shape index (κ1) is 14.0. The molecule has 1 aromatic heterocycles. The second kappa shape index (κ2) is 4.96. The van der Waals surface area contributed by atoms with Crippen LogP contribution >= 0.6 is 0 Å². The molecule has 0 saturated carbocycles. The number of ketones is 1. The topological polar surface area (TPSA) is 56.0 Å². The van der Waals surface area contributed by atoms with Crippen molar-refractivity contribution in [3.8, 4) is 0 Å². The van der Waals surface area contributed by atoms with Gasteiger partial charge in [0.25, 0.3) is 0 Å². The smallest absolute Gasteiger partial charge is 0.398 e. The molecule has 0 aliphatic carbocycles. The Hall–Kier alpha value is -2.37. The first-order valence-corrected chi connectivity index (χ1v) is 5.72. The van der Waals surface area contributed by atoms with Crippen LogP contribution in [0.5, 0.6) is 0 Å². The molecule has 2 aromatic rings. The number of halogens is 3. The van der Waals surface area contributed by atoms with Crippen LogP contribution in [0.15, 0.2) is 36.7 Å². The van der Waals surface area contributed by atoms with Crippen molar-refractivity contribution in [2.24, 2.45) is 0 Å². The number of rotatable bonds is 2. The third kappa shape index (κ3) is 2.64. The maximum atomic E-state index is 12.7. The molecule has 104 valence electrons. The molecule has 0 radical (unpaired) electrons. The summed E-state index contributed by atoms with van der Waals surface area (Å²) in [5.74, 6) is -0.570. The van der Waals surface area contributed by atoms with Crippen molar-refractivity contribution in [3.05, 3.63) is 58.9 Å². The van der Waals surface area contributed by atoms with Crippen LogP contribution in [0.3, 0.4) is 0 Å². The van der Waals surface area contributed by atoms with Crippen LogP contribution in [0.1, 0.15) is 27.0 Å². The van der Waals surface area contributed by atoms with Crippen molar-refractivity contribution in [2.75, 3.05) is 5.73 Å². The summed E-state index contributed by atoms with van der Waals surface area (Å²) >= 11 is 0. The number of carbonyl (C=O) groups is 1. The first-order valence-electron chi connectivity index (χ1n) is 5.72. The molecule has 20 heavy (non-hydrogen) atoms. The molecule has 3 nitrogen and oxygen atoms in total. The minimum absolute atomic E-state index is 0.00579. The Bertz CT molecular complexity index is 666. The van der Waals surface area contributed by atoms with Crippen LogP contribution in [0.25, 0.3) is 0 Å². The average molecular weight is 280 g/mol. The summed E-state index contributed by atoms with van der Waals surface area (Å²) in [6.45, 7) is 1.68. The standard InChI is InChI=1S/C14H11F3N2O/c1-8-4-5-19-7-11(8)13(20)10-6-9(14(15,16)17)2-3-12(10)18/h2-7H,18H2,1H3. The molecule has 0 aliphatic heterocycles. The molecule has 0 atom stereocenters. The van der Waals surface area contributed by atoms with Crippen LogP contribution in [-0.2, 0) is 6.18 Å². The number of hydrogen-bond acceptors (Lipinski definition) is 3. The summed E-state index contributed by atoms with van der Waals surface area (Å²) in [5, 5.41) is 0. The van der Waals surface area contributed by atoms with Crippen LogP contribution in [0.4, 0.5) is 18.9 Å². The molecule has 2 rings (SSSR count). The van der Waals surface area contributed by atoms with E-state index in [0.29, 0.717) is 5.56 Å². The lowest BCUT2D eigenvalue weighted by atomic mass is 9.98. The van der Waals surface area contributed by atoms with E-state index in [1.165, 1.54) is 12.4 Å². The lowest BCUT2D eigenvalue weighted by Gasteiger charge is -2.11. The number of anilines is 1.